The monoisotopic (exact) mass is 260 g/mol. The van der Waals surface area contributed by atoms with Crippen molar-refractivity contribution in [3.05, 3.63) is 34.9 Å². The zero-order valence-corrected chi connectivity index (χ0v) is 12.4. The summed E-state index contributed by atoms with van der Waals surface area (Å²) in [6, 6.07) is 6.10. The maximum absolute atomic E-state index is 12.5. The number of rotatable bonds is 1. The fourth-order valence-electron chi connectivity index (χ4n) is 2.60. The van der Waals surface area contributed by atoms with Gasteiger partial charge in [0.25, 0.3) is 5.91 Å². The number of hydrogen-bond donors (Lipinski definition) is 1. The summed E-state index contributed by atoms with van der Waals surface area (Å²) >= 11 is 0. The van der Waals surface area contributed by atoms with E-state index >= 15 is 0 Å². The minimum absolute atomic E-state index is 0.00630. The summed E-state index contributed by atoms with van der Waals surface area (Å²) < 4.78 is 0. The van der Waals surface area contributed by atoms with E-state index in [0.717, 1.165) is 25.1 Å². The van der Waals surface area contributed by atoms with E-state index in [9.17, 15) is 4.79 Å². The second kappa shape index (κ2) is 4.97. The Balaban J connectivity index is 2.18. The largest absolute Gasteiger partial charge is 0.338 e. The summed E-state index contributed by atoms with van der Waals surface area (Å²) in [7, 11) is 0. The number of carbonyl (C=O) groups excluding carboxylic acids is 1. The zero-order chi connectivity index (χ0) is 14.2. The van der Waals surface area contributed by atoms with Gasteiger partial charge in [0.15, 0.2) is 0 Å². The highest BCUT2D eigenvalue weighted by Gasteiger charge is 2.35. The fourth-order valence-corrected chi connectivity index (χ4v) is 2.60. The van der Waals surface area contributed by atoms with E-state index in [1.165, 1.54) is 11.1 Å². The number of nitrogens with zero attached hydrogens (tertiary/aromatic N) is 1. The average molecular weight is 260 g/mol. The molecule has 0 radical (unpaired) electrons. The van der Waals surface area contributed by atoms with Gasteiger partial charge in [0.05, 0.1) is 0 Å². The summed E-state index contributed by atoms with van der Waals surface area (Å²) in [6.07, 6.45) is 0.879. The van der Waals surface area contributed by atoms with Gasteiger partial charge >= 0.3 is 0 Å². The minimum atomic E-state index is -0.00630. The average Bonchev–Trinajstić information content (AvgIpc) is 2.35. The van der Waals surface area contributed by atoms with Gasteiger partial charge in [0, 0.05) is 24.7 Å². The zero-order valence-electron chi connectivity index (χ0n) is 12.4. The molecule has 3 heteroatoms. The first-order valence-corrected chi connectivity index (χ1v) is 6.93. The van der Waals surface area contributed by atoms with E-state index in [1.807, 2.05) is 30.0 Å². The number of hydrogen-bond acceptors (Lipinski definition) is 2. The Labute approximate surface area is 115 Å². The van der Waals surface area contributed by atoms with Crippen LogP contribution in [0.15, 0.2) is 18.2 Å². The van der Waals surface area contributed by atoms with Crippen molar-refractivity contribution in [2.24, 2.45) is 11.1 Å². The number of carbonyl (C=O) groups is 1. The predicted molar refractivity (Wildman–Crippen MR) is 78.2 cm³/mol. The number of likely N-dealkylation sites (tertiary alicyclic amines) is 1. The first-order chi connectivity index (χ1) is 8.81. The van der Waals surface area contributed by atoms with Gasteiger partial charge in [-0.1, -0.05) is 19.9 Å². The second-order valence-corrected chi connectivity index (χ2v) is 6.41. The number of amides is 1. The van der Waals surface area contributed by atoms with Crippen molar-refractivity contribution in [1.29, 1.82) is 0 Å². The maximum Gasteiger partial charge on any atom is 0.253 e. The Morgan fingerprint density at radius 3 is 2.58 bits per heavy atom. The van der Waals surface area contributed by atoms with Crippen molar-refractivity contribution in [2.75, 3.05) is 13.1 Å². The molecule has 1 saturated heterocycles. The van der Waals surface area contributed by atoms with Gasteiger partial charge in [-0.2, -0.15) is 0 Å². The van der Waals surface area contributed by atoms with E-state index in [0.29, 0.717) is 0 Å². The molecule has 1 aliphatic rings. The van der Waals surface area contributed by atoms with Crippen LogP contribution in [-0.2, 0) is 0 Å². The van der Waals surface area contributed by atoms with E-state index in [-0.39, 0.29) is 17.4 Å². The van der Waals surface area contributed by atoms with Crippen LogP contribution in [-0.4, -0.2) is 29.9 Å². The van der Waals surface area contributed by atoms with Crippen molar-refractivity contribution < 1.29 is 4.79 Å². The maximum atomic E-state index is 12.5. The standard InChI is InChI=1S/C16H24N2O/c1-11-5-6-13(9-12(11)2)15(19)18-8-7-14(17)16(3,4)10-18/h5-6,9,14H,7-8,10,17H2,1-4H3. The van der Waals surface area contributed by atoms with Crippen LogP contribution in [0, 0.1) is 19.3 Å². The number of piperidine rings is 1. The fraction of sp³-hybridized carbons (Fsp3) is 0.562. The first kappa shape index (κ1) is 14.1. The third-order valence-corrected chi connectivity index (χ3v) is 4.35. The van der Waals surface area contributed by atoms with Crippen LogP contribution in [0.1, 0.15) is 41.8 Å². The smallest absolute Gasteiger partial charge is 0.253 e. The Bertz CT molecular complexity index is 494. The lowest BCUT2D eigenvalue weighted by Crippen LogP contribution is -2.54. The van der Waals surface area contributed by atoms with Crippen molar-refractivity contribution >= 4 is 5.91 Å². The van der Waals surface area contributed by atoms with Crippen molar-refractivity contribution in [1.82, 2.24) is 4.90 Å². The summed E-state index contributed by atoms with van der Waals surface area (Å²) in [5.74, 6) is 0.128. The quantitative estimate of drug-likeness (QED) is 0.843. The molecule has 1 unspecified atom stereocenters. The Kier molecular flexibility index (Phi) is 3.68. The highest BCUT2D eigenvalue weighted by molar-refractivity contribution is 5.94. The van der Waals surface area contributed by atoms with E-state index in [4.69, 9.17) is 5.73 Å². The second-order valence-electron chi connectivity index (χ2n) is 6.41. The topological polar surface area (TPSA) is 46.3 Å². The molecule has 104 valence electrons. The molecule has 1 amide bonds. The Morgan fingerprint density at radius 1 is 1.32 bits per heavy atom. The molecule has 3 nitrogen and oxygen atoms in total. The molecule has 1 heterocycles. The molecule has 19 heavy (non-hydrogen) atoms. The van der Waals surface area contributed by atoms with Crippen LogP contribution in [0.5, 0.6) is 0 Å². The number of benzene rings is 1. The van der Waals surface area contributed by atoms with Gasteiger partial charge in [-0.3, -0.25) is 4.79 Å². The molecule has 1 aliphatic heterocycles. The number of aryl methyl sites for hydroxylation is 2. The first-order valence-electron chi connectivity index (χ1n) is 6.93. The molecule has 2 rings (SSSR count). The molecule has 1 aromatic rings. The molecular formula is C16H24N2O. The Hall–Kier alpha value is -1.35. The van der Waals surface area contributed by atoms with Gasteiger partial charge in [0.2, 0.25) is 0 Å². The normalized spacial score (nSPS) is 22.4. The molecule has 0 aliphatic carbocycles. The van der Waals surface area contributed by atoms with Crippen LogP contribution >= 0.6 is 0 Å². The van der Waals surface area contributed by atoms with Crippen molar-refractivity contribution in [3.63, 3.8) is 0 Å². The molecule has 1 aromatic carbocycles. The number of nitrogens with two attached hydrogens (primary N) is 1. The molecular weight excluding hydrogens is 236 g/mol. The molecule has 1 atom stereocenters. The third-order valence-electron chi connectivity index (χ3n) is 4.35. The van der Waals surface area contributed by atoms with E-state index < -0.39 is 0 Å². The van der Waals surface area contributed by atoms with Gasteiger partial charge in [-0.25, -0.2) is 0 Å². The van der Waals surface area contributed by atoms with Crippen molar-refractivity contribution in [3.8, 4) is 0 Å². The molecule has 0 saturated carbocycles. The summed E-state index contributed by atoms with van der Waals surface area (Å²) in [5.41, 5.74) is 9.29. The Morgan fingerprint density at radius 2 is 2.00 bits per heavy atom. The van der Waals surface area contributed by atoms with E-state index in [2.05, 4.69) is 20.8 Å². The van der Waals surface area contributed by atoms with Crippen LogP contribution < -0.4 is 5.73 Å². The highest BCUT2D eigenvalue weighted by atomic mass is 16.2. The van der Waals surface area contributed by atoms with Gasteiger partial charge in [0.1, 0.15) is 0 Å². The van der Waals surface area contributed by atoms with E-state index in [1.54, 1.807) is 0 Å². The van der Waals surface area contributed by atoms with Gasteiger partial charge in [-0.15, -0.1) is 0 Å². The van der Waals surface area contributed by atoms with Crippen LogP contribution in [0.2, 0.25) is 0 Å². The minimum Gasteiger partial charge on any atom is -0.338 e. The molecule has 0 bridgehead atoms. The lowest BCUT2D eigenvalue weighted by atomic mass is 9.79. The summed E-state index contributed by atoms with van der Waals surface area (Å²) in [5, 5.41) is 0. The van der Waals surface area contributed by atoms with Crippen LogP contribution in [0.4, 0.5) is 0 Å². The SMILES string of the molecule is Cc1ccc(C(=O)N2CCC(N)C(C)(C)C2)cc1C. The van der Waals surface area contributed by atoms with Crippen molar-refractivity contribution in [2.45, 2.75) is 40.2 Å². The third kappa shape index (κ3) is 2.81. The summed E-state index contributed by atoms with van der Waals surface area (Å²) in [4.78, 5) is 14.5. The highest BCUT2D eigenvalue weighted by Crippen LogP contribution is 2.28. The lowest BCUT2D eigenvalue weighted by Gasteiger charge is -2.42. The molecule has 2 N–H and O–H groups in total. The lowest BCUT2D eigenvalue weighted by molar-refractivity contribution is 0.0533. The van der Waals surface area contributed by atoms with Crippen LogP contribution in [0.3, 0.4) is 0 Å². The molecule has 1 fully saturated rings. The predicted octanol–water partition coefficient (Wildman–Crippen LogP) is 2.50. The van der Waals surface area contributed by atoms with Gasteiger partial charge < -0.3 is 10.6 Å². The van der Waals surface area contributed by atoms with Gasteiger partial charge in [-0.05, 0) is 48.9 Å². The molecule has 0 aromatic heterocycles. The summed E-state index contributed by atoms with van der Waals surface area (Å²) in [6.45, 7) is 9.88. The van der Waals surface area contributed by atoms with Crippen LogP contribution in [0.25, 0.3) is 0 Å². The molecule has 0 spiro atoms.